The minimum atomic E-state index is -3.58. The molecule has 0 aliphatic rings. The molecule has 1 atom stereocenters. The van der Waals surface area contributed by atoms with Crippen molar-refractivity contribution in [2.24, 2.45) is 5.92 Å². The van der Waals surface area contributed by atoms with Crippen molar-refractivity contribution in [3.05, 3.63) is 11.4 Å². The highest BCUT2D eigenvalue weighted by atomic mass is 32.2. The first-order chi connectivity index (χ1) is 7.38. The Morgan fingerprint density at radius 1 is 1.56 bits per heavy atom. The van der Waals surface area contributed by atoms with Crippen LogP contribution in [-0.4, -0.2) is 25.2 Å². The van der Waals surface area contributed by atoms with Gasteiger partial charge in [0, 0.05) is 6.54 Å². The first-order valence-electron chi connectivity index (χ1n) is 4.79. The molecule has 0 fully saturated rings. The van der Waals surface area contributed by atoms with Crippen LogP contribution in [0.3, 0.4) is 0 Å². The highest BCUT2D eigenvalue weighted by Gasteiger charge is 2.22. The number of sulfonamides is 1. The Morgan fingerprint density at radius 2 is 2.19 bits per heavy atom. The first kappa shape index (κ1) is 12.7. The van der Waals surface area contributed by atoms with E-state index in [0.717, 1.165) is 0 Å². The lowest BCUT2D eigenvalue weighted by Gasteiger charge is -2.07. The van der Waals surface area contributed by atoms with E-state index in [1.807, 2.05) is 6.07 Å². The Labute approximate surface area is 94.7 Å². The van der Waals surface area contributed by atoms with E-state index in [4.69, 9.17) is 5.26 Å². The highest BCUT2D eigenvalue weighted by molar-refractivity contribution is 7.89. The maximum Gasteiger partial charge on any atom is 0.244 e. The number of nitrogens with one attached hydrogen (secondary N) is 2. The summed E-state index contributed by atoms with van der Waals surface area (Å²) >= 11 is 0. The SMILES string of the molecule is Cc1n[nH]c(C)c1S(=O)(=O)NCC(C)C#N. The average molecular weight is 242 g/mol. The molecule has 1 rings (SSSR count). The molecule has 2 N–H and O–H groups in total. The summed E-state index contributed by atoms with van der Waals surface area (Å²) < 4.78 is 26.1. The fourth-order valence-electron chi connectivity index (χ4n) is 1.29. The Balaban J connectivity index is 2.92. The molecule has 88 valence electrons. The van der Waals surface area contributed by atoms with Gasteiger partial charge in [-0.3, -0.25) is 5.10 Å². The quantitative estimate of drug-likeness (QED) is 0.801. The molecule has 0 amide bonds. The lowest BCUT2D eigenvalue weighted by Crippen LogP contribution is -2.28. The minimum Gasteiger partial charge on any atom is -0.281 e. The first-order valence-corrected chi connectivity index (χ1v) is 6.27. The summed E-state index contributed by atoms with van der Waals surface area (Å²) in [6, 6.07) is 1.96. The van der Waals surface area contributed by atoms with Gasteiger partial charge in [-0.05, 0) is 20.8 Å². The zero-order chi connectivity index (χ0) is 12.3. The number of nitriles is 1. The van der Waals surface area contributed by atoms with Gasteiger partial charge in [-0.15, -0.1) is 0 Å². The molecule has 0 saturated heterocycles. The number of hydrogen-bond acceptors (Lipinski definition) is 4. The van der Waals surface area contributed by atoms with E-state index in [9.17, 15) is 8.42 Å². The third kappa shape index (κ3) is 2.59. The van der Waals surface area contributed by atoms with Gasteiger partial charge in [-0.25, -0.2) is 13.1 Å². The lowest BCUT2D eigenvalue weighted by atomic mass is 10.2. The van der Waals surface area contributed by atoms with Crippen LogP contribution in [0.5, 0.6) is 0 Å². The average Bonchev–Trinajstić information content (AvgIpc) is 2.55. The Morgan fingerprint density at radius 3 is 2.62 bits per heavy atom. The van der Waals surface area contributed by atoms with Crippen LogP contribution in [0.4, 0.5) is 0 Å². The molecule has 1 aromatic rings. The second-order valence-corrected chi connectivity index (χ2v) is 5.35. The van der Waals surface area contributed by atoms with E-state index in [0.29, 0.717) is 11.4 Å². The van der Waals surface area contributed by atoms with Crippen molar-refractivity contribution < 1.29 is 8.42 Å². The lowest BCUT2D eigenvalue weighted by molar-refractivity contribution is 0.571. The van der Waals surface area contributed by atoms with E-state index >= 15 is 0 Å². The monoisotopic (exact) mass is 242 g/mol. The molecule has 0 aromatic carbocycles. The number of aromatic nitrogens is 2. The molecule has 1 unspecified atom stereocenters. The number of aryl methyl sites for hydroxylation is 2. The number of nitrogens with zero attached hydrogens (tertiary/aromatic N) is 2. The van der Waals surface area contributed by atoms with Gasteiger partial charge in [0.25, 0.3) is 0 Å². The van der Waals surface area contributed by atoms with Crippen LogP contribution in [0, 0.1) is 31.1 Å². The number of hydrogen-bond donors (Lipinski definition) is 2. The van der Waals surface area contributed by atoms with Crippen LogP contribution < -0.4 is 4.72 Å². The van der Waals surface area contributed by atoms with Gasteiger partial charge in [-0.2, -0.15) is 10.4 Å². The summed E-state index contributed by atoms with van der Waals surface area (Å²) in [4.78, 5) is 0.164. The molecule has 1 heterocycles. The van der Waals surface area contributed by atoms with Gasteiger partial charge in [0.1, 0.15) is 4.90 Å². The second-order valence-electron chi connectivity index (χ2n) is 3.65. The molecule has 6 nitrogen and oxygen atoms in total. The van der Waals surface area contributed by atoms with Gasteiger partial charge < -0.3 is 0 Å². The molecule has 1 aromatic heterocycles. The largest absolute Gasteiger partial charge is 0.281 e. The summed E-state index contributed by atoms with van der Waals surface area (Å²) in [6.07, 6.45) is 0. The van der Waals surface area contributed by atoms with Gasteiger partial charge in [-0.1, -0.05) is 0 Å². The van der Waals surface area contributed by atoms with E-state index < -0.39 is 10.0 Å². The van der Waals surface area contributed by atoms with Crippen molar-refractivity contribution >= 4 is 10.0 Å². The molecule has 16 heavy (non-hydrogen) atoms. The maximum absolute atomic E-state index is 11.9. The third-order valence-electron chi connectivity index (χ3n) is 2.13. The van der Waals surface area contributed by atoms with Gasteiger partial charge in [0.05, 0.1) is 23.4 Å². The van der Waals surface area contributed by atoms with Crippen molar-refractivity contribution in [1.29, 1.82) is 5.26 Å². The molecule has 0 bridgehead atoms. The molecule has 0 saturated carbocycles. The van der Waals surface area contributed by atoms with E-state index in [1.165, 1.54) is 0 Å². The zero-order valence-electron chi connectivity index (χ0n) is 9.40. The molecule has 0 aliphatic heterocycles. The number of aromatic amines is 1. The second kappa shape index (κ2) is 4.63. The van der Waals surface area contributed by atoms with Crippen molar-refractivity contribution in [3.63, 3.8) is 0 Å². The predicted molar refractivity (Wildman–Crippen MR) is 58.0 cm³/mol. The highest BCUT2D eigenvalue weighted by Crippen LogP contribution is 2.16. The fraction of sp³-hybridized carbons (Fsp3) is 0.556. The van der Waals surface area contributed by atoms with Gasteiger partial charge >= 0.3 is 0 Å². The Bertz CT molecular complexity index is 493. The number of H-pyrrole nitrogens is 1. The van der Waals surface area contributed by atoms with Crippen LogP contribution in [0.2, 0.25) is 0 Å². The van der Waals surface area contributed by atoms with E-state index in [2.05, 4.69) is 14.9 Å². The molecule has 0 aliphatic carbocycles. The normalized spacial score (nSPS) is 13.4. The Hall–Kier alpha value is -1.39. The van der Waals surface area contributed by atoms with Crippen LogP contribution in [0.25, 0.3) is 0 Å². The van der Waals surface area contributed by atoms with Crippen LogP contribution in [0.1, 0.15) is 18.3 Å². The molecule has 7 heteroatoms. The summed E-state index contributed by atoms with van der Waals surface area (Å²) in [5, 5.41) is 15.0. The predicted octanol–water partition coefficient (Wildman–Crippen LogP) is 0.465. The van der Waals surface area contributed by atoms with E-state index in [-0.39, 0.29) is 17.4 Å². The molecular formula is C9H14N4O2S. The maximum atomic E-state index is 11.9. The summed E-state index contributed by atoms with van der Waals surface area (Å²) in [5.74, 6) is -0.359. The van der Waals surface area contributed by atoms with Gasteiger partial charge in [0.15, 0.2) is 0 Å². The fourth-order valence-corrected chi connectivity index (χ4v) is 2.79. The van der Waals surface area contributed by atoms with Crippen molar-refractivity contribution in [3.8, 4) is 6.07 Å². The molecule has 0 radical (unpaired) electrons. The smallest absolute Gasteiger partial charge is 0.244 e. The topological polar surface area (TPSA) is 98.6 Å². The number of rotatable bonds is 4. The van der Waals surface area contributed by atoms with E-state index in [1.54, 1.807) is 20.8 Å². The van der Waals surface area contributed by atoms with Gasteiger partial charge in [0.2, 0.25) is 10.0 Å². The van der Waals surface area contributed by atoms with Crippen LogP contribution in [-0.2, 0) is 10.0 Å². The molecular weight excluding hydrogens is 228 g/mol. The minimum absolute atomic E-state index is 0.100. The summed E-state index contributed by atoms with van der Waals surface area (Å²) in [6.45, 7) is 5.01. The molecule has 0 spiro atoms. The zero-order valence-corrected chi connectivity index (χ0v) is 10.2. The van der Waals surface area contributed by atoms with Crippen LogP contribution in [0.15, 0.2) is 4.90 Å². The van der Waals surface area contributed by atoms with Crippen LogP contribution >= 0.6 is 0 Å². The van der Waals surface area contributed by atoms with Crippen molar-refractivity contribution in [2.75, 3.05) is 6.54 Å². The standard InChI is InChI=1S/C9H14N4O2S/c1-6(4-10)5-11-16(14,15)9-7(2)12-13-8(9)3/h6,11H,5H2,1-3H3,(H,12,13). The van der Waals surface area contributed by atoms with Crippen molar-refractivity contribution in [1.82, 2.24) is 14.9 Å². The Kier molecular flexibility index (Phi) is 3.67. The van der Waals surface area contributed by atoms with Crippen molar-refractivity contribution in [2.45, 2.75) is 25.7 Å². The third-order valence-corrected chi connectivity index (χ3v) is 3.81. The summed E-state index contributed by atoms with van der Waals surface area (Å²) in [5.41, 5.74) is 0.921. The summed E-state index contributed by atoms with van der Waals surface area (Å²) in [7, 11) is -3.58.